The number of rotatable bonds is 3. The second-order valence-electron chi connectivity index (χ2n) is 3.95. The van der Waals surface area contributed by atoms with E-state index >= 15 is 0 Å². The van der Waals surface area contributed by atoms with E-state index in [9.17, 15) is 5.11 Å². The highest BCUT2D eigenvalue weighted by molar-refractivity contribution is 4.95. The molecule has 4 nitrogen and oxygen atoms in total. The van der Waals surface area contributed by atoms with Crippen LogP contribution in [0.2, 0.25) is 0 Å². The van der Waals surface area contributed by atoms with Crippen molar-refractivity contribution >= 4 is 0 Å². The molecule has 1 aromatic rings. The fraction of sp³-hybridized carbons (Fsp3) is 0.700. The zero-order valence-corrected chi connectivity index (χ0v) is 8.56. The van der Waals surface area contributed by atoms with Gasteiger partial charge >= 0.3 is 0 Å². The molecule has 1 aromatic heterocycles. The third-order valence-corrected chi connectivity index (χ3v) is 2.69. The molecule has 78 valence electrons. The molecule has 1 atom stereocenters. The quantitative estimate of drug-likeness (QED) is 0.762. The van der Waals surface area contributed by atoms with Crippen molar-refractivity contribution < 1.29 is 5.11 Å². The molecule has 0 spiro atoms. The average Bonchev–Trinajstić information content (AvgIpc) is 2.61. The zero-order chi connectivity index (χ0) is 9.97. The Morgan fingerprint density at radius 1 is 1.57 bits per heavy atom. The maximum Gasteiger partial charge on any atom is 0.122 e. The molecule has 0 aliphatic carbocycles. The number of aliphatic hydroxyl groups excluding tert-OH is 1. The van der Waals surface area contributed by atoms with Crippen LogP contribution in [-0.2, 0) is 13.1 Å². The molecule has 1 aliphatic heterocycles. The molecule has 0 aromatic carbocycles. The molecule has 2 heterocycles. The van der Waals surface area contributed by atoms with Crippen molar-refractivity contribution in [3.63, 3.8) is 0 Å². The number of hydrogen-bond acceptors (Lipinski definition) is 3. The Labute approximate surface area is 84.2 Å². The van der Waals surface area contributed by atoms with Crippen molar-refractivity contribution in [3.05, 3.63) is 18.2 Å². The van der Waals surface area contributed by atoms with E-state index in [-0.39, 0.29) is 6.10 Å². The van der Waals surface area contributed by atoms with E-state index in [2.05, 4.69) is 14.5 Å². The Morgan fingerprint density at radius 2 is 2.43 bits per heavy atom. The Hall–Kier alpha value is -0.870. The van der Waals surface area contributed by atoms with Crippen molar-refractivity contribution in [1.29, 1.82) is 0 Å². The van der Waals surface area contributed by atoms with Gasteiger partial charge in [0.15, 0.2) is 0 Å². The number of aromatic nitrogens is 2. The van der Waals surface area contributed by atoms with Crippen LogP contribution in [0.25, 0.3) is 0 Å². The molecule has 2 rings (SSSR count). The normalized spacial score (nSPS) is 19.3. The van der Waals surface area contributed by atoms with Gasteiger partial charge in [-0.1, -0.05) is 0 Å². The van der Waals surface area contributed by atoms with E-state index in [0.29, 0.717) is 0 Å². The zero-order valence-electron chi connectivity index (χ0n) is 8.56. The molecular weight excluding hydrogens is 178 g/mol. The summed E-state index contributed by atoms with van der Waals surface area (Å²) in [5.41, 5.74) is 0. The molecular formula is C10H17N3O. The van der Waals surface area contributed by atoms with E-state index in [1.54, 1.807) is 0 Å². The number of imidazole rings is 1. The second-order valence-corrected chi connectivity index (χ2v) is 3.95. The molecule has 0 saturated heterocycles. The standard InChI is InChI=1S/C10H17N3O/c1-9(14)2-4-12-6-7-13-5-3-11-10(13)8-12/h3,5,9,14H,2,4,6-8H2,1H3. The number of nitrogens with zero attached hydrogens (tertiary/aromatic N) is 3. The van der Waals surface area contributed by atoms with Gasteiger partial charge in [-0.2, -0.15) is 0 Å². The summed E-state index contributed by atoms with van der Waals surface area (Å²) in [4.78, 5) is 6.64. The van der Waals surface area contributed by atoms with Gasteiger partial charge in [-0.25, -0.2) is 4.98 Å². The first kappa shape index (κ1) is 9.68. The minimum atomic E-state index is -0.198. The summed E-state index contributed by atoms with van der Waals surface area (Å²) in [6.07, 6.45) is 4.53. The van der Waals surface area contributed by atoms with Crippen molar-refractivity contribution in [2.24, 2.45) is 0 Å². The van der Waals surface area contributed by atoms with Crippen LogP contribution < -0.4 is 0 Å². The first-order chi connectivity index (χ1) is 6.75. The second kappa shape index (κ2) is 4.11. The Balaban J connectivity index is 1.88. The van der Waals surface area contributed by atoms with Gasteiger partial charge in [-0.15, -0.1) is 0 Å². The average molecular weight is 195 g/mol. The SMILES string of the molecule is CC(O)CCN1CCn2ccnc2C1. The van der Waals surface area contributed by atoms with Crippen molar-refractivity contribution in [2.75, 3.05) is 13.1 Å². The van der Waals surface area contributed by atoms with Crippen LogP contribution in [0.4, 0.5) is 0 Å². The predicted octanol–water partition coefficient (Wildman–Crippen LogP) is 0.470. The summed E-state index contributed by atoms with van der Waals surface area (Å²) < 4.78 is 2.19. The fourth-order valence-electron chi connectivity index (χ4n) is 1.78. The van der Waals surface area contributed by atoms with E-state index in [1.807, 2.05) is 19.3 Å². The summed E-state index contributed by atoms with van der Waals surface area (Å²) in [5, 5.41) is 9.19. The Morgan fingerprint density at radius 3 is 3.21 bits per heavy atom. The van der Waals surface area contributed by atoms with Gasteiger partial charge in [0.2, 0.25) is 0 Å². The molecule has 0 saturated carbocycles. The molecule has 1 unspecified atom stereocenters. The minimum Gasteiger partial charge on any atom is -0.393 e. The maximum atomic E-state index is 9.19. The first-order valence-electron chi connectivity index (χ1n) is 5.16. The van der Waals surface area contributed by atoms with Crippen molar-refractivity contribution in [2.45, 2.75) is 32.5 Å². The highest BCUT2D eigenvalue weighted by Crippen LogP contribution is 2.10. The van der Waals surface area contributed by atoms with Crippen LogP contribution in [0, 0.1) is 0 Å². The number of hydrogen-bond donors (Lipinski definition) is 1. The molecule has 0 radical (unpaired) electrons. The lowest BCUT2D eigenvalue weighted by Gasteiger charge is -2.27. The van der Waals surface area contributed by atoms with E-state index in [4.69, 9.17) is 0 Å². The summed E-state index contributed by atoms with van der Waals surface area (Å²) in [7, 11) is 0. The van der Waals surface area contributed by atoms with Gasteiger partial charge in [0.05, 0.1) is 12.6 Å². The third-order valence-electron chi connectivity index (χ3n) is 2.69. The molecule has 0 bridgehead atoms. The molecule has 0 amide bonds. The van der Waals surface area contributed by atoms with Crippen LogP contribution in [0.15, 0.2) is 12.4 Å². The Kier molecular flexibility index (Phi) is 2.84. The van der Waals surface area contributed by atoms with Gasteiger partial charge < -0.3 is 9.67 Å². The van der Waals surface area contributed by atoms with Gasteiger partial charge in [-0.05, 0) is 13.3 Å². The van der Waals surface area contributed by atoms with Crippen LogP contribution in [0.5, 0.6) is 0 Å². The Bertz CT molecular complexity index is 295. The lowest BCUT2D eigenvalue weighted by Crippen LogP contribution is -2.35. The highest BCUT2D eigenvalue weighted by Gasteiger charge is 2.16. The summed E-state index contributed by atoms with van der Waals surface area (Å²) in [6, 6.07) is 0. The molecule has 4 heteroatoms. The highest BCUT2D eigenvalue weighted by atomic mass is 16.3. The number of aliphatic hydroxyl groups is 1. The molecule has 1 N–H and O–H groups in total. The van der Waals surface area contributed by atoms with Gasteiger partial charge in [-0.3, -0.25) is 4.90 Å². The topological polar surface area (TPSA) is 41.3 Å². The lowest BCUT2D eigenvalue weighted by atomic mass is 10.2. The predicted molar refractivity (Wildman–Crippen MR) is 53.8 cm³/mol. The molecule has 1 aliphatic rings. The first-order valence-corrected chi connectivity index (χ1v) is 5.16. The lowest BCUT2D eigenvalue weighted by molar-refractivity contribution is 0.142. The van der Waals surface area contributed by atoms with Crippen LogP contribution in [0.1, 0.15) is 19.2 Å². The van der Waals surface area contributed by atoms with Crippen LogP contribution >= 0.6 is 0 Å². The largest absolute Gasteiger partial charge is 0.393 e. The monoisotopic (exact) mass is 195 g/mol. The third kappa shape index (κ3) is 2.13. The van der Waals surface area contributed by atoms with E-state index < -0.39 is 0 Å². The van der Waals surface area contributed by atoms with Gasteiger partial charge in [0.25, 0.3) is 0 Å². The molecule has 14 heavy (non-hydrogen) atoms. The fourth-order valence-corrected chi connectivity index (χ4v) is 1.78. The van der Waals surface area contributed by atoms with E-state index in [1.165, 1.54) is 0 Å². The minimum absolute atomic E-state index is 0.198. The van der Waals surface area contributed by atoms with Gasteiger partial charge in [0.1, 0.15) is 5.82 Å². The summed E-state index contributed by atoms with van der Waals surface area (Å²) in [6.45, 7) is 5.81. The number of fused-ring (bicyclic) bond motifs is 1. The summed E-state index contributed by atoms with van der Waals surface area (Å²) in [5.74, 6) is 1.14. The van der Waals surface area contributed by atoms with E-state index in [0.717, 1.165) is 38.4 Å². The maximum absolute atomic E-state index is 9.19. The van der Waals surface area contributed by atoms with Crippen LogP contribution in [-0.4, -0.2) is 38.8 Å². The van der Waals surface area contributed by atoms with Gasteiger partial charge in [0, 0.05) is 32.0 Å². The summed E-state index contributed by atoms with van der Waals surface area (Å²) >= 11 is 0. The smallest absolute Gasteiger partial charge is 0.122 e. The molecule has 0 fully saturated rings. The van der Waals surface area contributed by atoms with Crippen LogP contribution in [0.3, 0.4) is 0 Å². The van der Waals surface area contributed by atoms with Crippen molar-refractivity contribution in [1.82, 2.24) is 14.5 Å². The van der Waals surface area contributed by atoms with Crippen molar-refractivity contribution in [3.8, 4) is 0 Å².